The average Bonchev–Trinajstić information content (AvgIpc) is 3.38. The summed E-state index contributed by atoms with van der Waals surface area (Å²) in [5, 5.41) is 0.595. The fourth-order valence-corrected chi connectivity index (χ4v) is 5.43. The van der Waals surface area contributed by atoms with Crippen LogP contribution < -0.4 is 9.64 Å². The van der Waals surface area contributed by atoms with Gasteiger partial charge in [0.2, 0.25) is 11.8 Å². The van der Waals surface area contributed by atoms with Crippen molar-refractivity contribution in [3.8, 4) is 5.75 Å². The second-order valence-corrected chi connectivity index (χ2v) is 8.58. The lowest BCUT2D eigenvalue weighted by Crippen LogP contribution is -2.33. The van der Waals surface area contributed by atoms with E-state index < -0.39 is 5.97 Å². The fraction of sp³-hybridized carbons (Fsp3) is 0.348. The number of halogens is 1. The van der Waals surface area contributed by atoms with E-state index >= 15 is 0 Å². The maximum absolute atomic E-state index is 13.1. The molecule has 4 unspecified atom stereocenters. The number of amides is 2. The molecule has 2 aromatic rings. The van der Waals surface area contributed by atoms with Gasteiger partial charge >= 0.3 is 5.97 Å². The molecule has 0 N–H and O–H groups in total. The molecule has 2 amide bonds. The van der Waals surface area contributed by atoms with Gasteiger partial charge in [0.15, 0.2) is 5.75 Å². The average molecular weight is 410 g/mol. The Morgan fingerprint density at radius 1 is 0.966 bits per heavy atom. The SMILES string of the molecule is O=C(Cc1ccc(Cl)cc1)Oc1ccccc1N1C(=O)C2C3CCC(C3)C2C1=O. The van der Waals surface area contributed by atoms with Gasteiger partial charge in [0.25, 0.3) is 0 Å². The van der Waals surface area contributed by atoms with Gasteiger partial charge in [-0.25, -0.2) is 4.90 Å². The summed E-state index contributed by atoms with van der Waals surface area (Å²) in [4.78, 5) is 39.9. The van der Waals surface area contributed by atoms with E-state index in [1.807, 2.05) is 0 Å². The minimum Gasteiger partial charge on any atom is -0.424 e. The van der Waals surface area contributed by atoms with Crippen LogP contribution in [0.25, 0.3) is 0 Å². The van der Waals surface area contributed by atoms with Gasteiger partial charge in [0, 0.05) is 5.02 Å². The smallest absolute Gasteiger partial charge is 0.315 e. The Labute approximate surface area is 173 Å². The molecule has 2 aromatic carbocycles. The number of carbonyl (C=O) groups excluding carboxylic acids is 3. The first-order chi connectivity index (χ1) is 14.0. The molecule has 2 aliphatic carbocycles. The molecular weight excluding hydrogens is 390 g/mol. The van der Waals surface area contributed by atoms with Crippen molar-refractivity contribution < 1.29 is 19.1 Å². The first-order valence-corrected chi connectivity index (χ1v) is 10.3. The lowest BCUT2D eigenvalue weighted by atomic mass is 9.81. The maximum atomic E-state index is 13.1. The highest BCUT2D eigenvalue weighted by Gasteiger charge is 2.61. The van der Waals surface area contributed by atoms with Crippen LogP contribution >= 0.6 is 11.6 Å². The molecule has 5 rings (SSSR count). The number of benzene rings is 2. The van der Waals surface area contributed by atoms with Crippen LogP contribution in [0.4, 0.5) is 5.69 Å². The number of ether oxygens (including phenoxy) is 1. The lowest BCUT2D eigenvalue weighted by Gasteiger charge is -2.20. The van der Waals surface area contributed by atoms with Crippen molar-refractivity contribution in [2.75, 3.05) is 4.90 Å². The Kier molecular flexibility index (Phi) is 4.43. The highest BCUT2D eigenvalue weighted by Crippen LogP contribution is 2.57. The van der Waals surface area contributed by atoms with Crippen LogP contribution in [0, 0.1) is 23.7 Å². The summed E-state index contributed by atoms with van der Waals surface area (Å²) in [5.41, 5.74) is 1.14. The Balaban J connectivity index is 1.38. The molecule has 4 atom stereocenters. The van der Waals surface area contributed by atoms with E-state index in [9.17, 15) is 14.4 Å². The molecular formula is C23H20ClNO4. The molecule has 29 heavy (non-hydrogen) atoms. The van der Waals surface area contributed by atoms with E-state index in [2.05, 4.69) is 0 Å². The molecule has 5 nitrogen and oxygen atoms in total. The monoisotopic (exact) mass is 409 g/mol. The third kappa shape index (κ3) is 3.04. The van der Waals surface area contributed by atoms with E-state index in [-0.39, 0.29) is 35.8 Å². The van der Waals surface area contributed by atoms with E-state index in [0.29, 0.717) is 22.5 Å². The molecule has 0 aromatic heterocycles. The van der Waals surface area contributed by atoms with Crippen molar-refractivity contribution in [2.24, 2.45) is 23.7 Å². The van der Waals surface area contributed by atoms with Gasteiger partial charge in [-0.05, 0) is 60.9 Å². The van der Waals surface area contributed by atoms with E-state index in [0.717, 1.165) is 24.8 Å². The predicted octanol–water partition coefficient (Wildman–Crippen LogP) is 4.02. The first kappa shape index (κ1) is 18.4. The molecule has 148 valence electrons. The number of hydrogen-bond donors (Lipinski definition) is 0. The first-order valence-electron chi connectivity index (χ1n) is 9.95. The number of fused-ring (bicyclic) bond motifs is 5. The number of para-hydroxylation sites is 2. The van der Waals surface area contributed by atoms with Crippen LogP contribution in [0.3, 0.4) is 0 Å². The number of hydrogen-bond acceptors (Lipinski definition) is 4. The quantitative estimate of drug-likeness (QED) is 0.434. The minimum absolute atomic E-state index is 0.0722. The van der Waals surface area contributed by atoms with Crippen LogP contribution in [0.1, 0.15) is 24.8 Å². The molecule has 1 saturated heterocycles. The summed E-state index contributed by atoms with van der Waals surface area (Å²) >= 11 is 5.88. The number of anilines is 1. The van der Waals surface area contributed by atoms with E-state index in [1.165, 1.54) is 4.90 Å². The van der Waals surface area contributed by atoms with Crippen LogP contribution in [-0.2, 0) is 20.8 Å². The third-order valence-electron chi connectivity index (χ3n) is 6.52. The van der Waals surface area contributed by atoms with Crippen LogP contribution in [0.5, 0.6) is 5.75 Å². The summed E-state index contributed by atoms with van der Waals surface area (Å²) in [7, 11) is 0. The molecule has 6 heteroatoms. The molecule has 1 heterocycles. The molecule has 3 aliphatic rings. The summed E-state index contributed by atoms with van der Waals surface area (Å²) < 4.78 is 5.56. The third-order valence-corrected chi connectivity index (χ3v) is 6.77. The van der Waals surface area contributed by atoms with Crippen LogP contribution in [0.15, 0.2) is 48.5 Å². The van der Waals surface area contributed by atoms with Gasteiger partial charge in [-0.1, -0.05) is 35.9 Å². The molecule has 2 saturated carbocycles. The summed E-state index contributed by atoms with van der Waals surface area (Å²) in [6.07, 6.45) is 3.11. The Morgan fingerprint density at radius 2 is 1.59 bits per heavy atom. The van der Waals surface area contributed by atoms with Gasteiger partial charge in [-0.15, -0.1) is 0 Å². The highest BCUT2D eigenvalue weighted by molar-refractivity contribution is 6.30. The summed E-state index contributed by atoms with van der Waals surface area (Å²) in [5.74, 6) is -0.309. The molecule has 3 fully saturated rings. The van der Waals surface area contributed by atoms with Crippen molar-refractivity contribution >= 4 is 35.1 Å². The molecule has 0 spiro atoms. The molecule has 1 aliphatic heterocycles. The van der Waals surface area contributed by atoms with E-state index in [1.54, 1.807) is 48.5 Å². The van der Waals surface area contributed by atoms with Gasteiger partial charge in [0.05, 0.1) is 23.9 Å². The summed E-state index contributed by atoms with van der Waals surface area (Å²) in [6.45, 7) is 0. The zero-order valence-electron chi connectivity index (χ0n) is 15.7. The zero-order valence-corrected chi connectivity index (χ0v) is 16.5. The topological polar surface area (TPSA) is 63.7 Å². The Bertz CT molecular complexity index is 974. The van der Waals surface area contributed by atoms with Gasteiger partial charge < -0.3 is 4.74 Å². The number of esters is 1. The van der Waals surface area contributed by atoms with Crippen molar-refractivity contribution in [1.29, 1.82) is 0 Å². The van der Waals surface area contributed by atoms with Crippen molar-refractivity contribution in [3.63, 3.8) is 0 Å². The Morgan fingerprint density at radius 3 is 2.24 bits per heavy atom. The van der Waals surface area contributed by atoms with E-state index in [4.69, 9.17) is 16.3 Å². The standard InChI is InChI=1S/C23H20ClNO4/c24-16-9-5-13(6-10-16)11-19(26)29-18-4-2-1-3-17(18)25-22(27)20-14-7-8-15(12-14)21(20)23(25)28/h1-6,9-10,14-15,20-21H,7-8,11-12H2. The molecule has 2 bridgehead atoms. The largest absolute Gasteiger partial charge is 0.424 e. The minimum atomic E-state index is -0.459. The lowest BCUT2D eigenvalue weighted by molar-refractivity contribution is -0.134. The predicted molar refractivity (Wildman–Crippen MR) is 108 cm³/mol. The second-order valence-electron chi connectivity index (χ2n) is 8.14. The van der Waals surface area contributed by atoms with Crippen molar-refractivity contribution in [3.05, 3.63) is 59.1 Å². The van der Waals surface area contributed by atoms with Gasteiger partial charge in [-0.3, -0.25) is 14.4 Å². The number of carbonyl (C=O) groups is 3. The summed E-state index contributed by atoms with van der Waals surface area (Å²) in [6, 6.07) is 13.7. The Hall–Kier alpha value is -2.66. The molecule has 0 radical (unpaired) electrons. The second kappa shape index (κ2) is 6.99. The number of rotatable bonds is 4. The zero-order chi connectivity index (χ0) is 20.1. The van der Waals surface area contributed by atoms with Crippen LogP contribution in [-0.4, -0.2) is 17.8 Å². The highest BCUT2D eigenvalue weighted by atomic mass is 35.5. The number of nitrogens with zero attached hydrogens (tertiary/aromatic N) is 1. The fourth-order valence-electron chi connectivity index (χ4n) is 5.30. The maximum Gasteiger partial charge on any atom is 0.315 e. The van der Waals surface area contributed by atoms with Gasteiger partial charge in [0.1, 0.15) is 0 Å². The number of imide groups is 1. The van der Waals surface area contributed by atoms with Gasteiger partial charge in [-0.2, -0.15) is 0 Å². The normalized spacial score (nSPS) is 27.4. The van der Waals surface area contributed by atoms with Crippen molar-refractivity contribution in [1.82, 2.24) is 0 Å². The van der Waals surface area contributed by atoms with Crippen molar-refractivity contribution in [2.45, 2.75) is 25.7 Å². The van der Waals surface area contributed by atoms with Crippen LogP contribution in [0.2, 0.25) is 5.02 Å².